The monoisotopic (exact) mass is 1400 g/mol. The molecule has 10 amide bonds. The molecule has 32 heteroatoms. The molecule has 0 fully saturated rings. The smallest absolute Gasteiger partial charge is 0.327 e. The van der Waals surface area contributed by atoms with E-state index in [1.54, 1.807) is 41.5 Å². The summed E-state index contributed by atoms with van der Waals surface area (Å²) in [5.41, 5.74) is 41.7. The normalized spacial score (nSPS) is 15.5. The Hall–Kier alpha value is -7.23. The molecule has 558 valence electrons. The van der Waals surface area contributed by atoms with Crippen molar-refractivity contribution in [3.8, 4) is 0 Å². The van der Waals surface area contributed by atoms with Crippen LogP contribution in [0.25, 0.3) is 0 Å². The molecule has 0 radical (unpaired) electrons. The molecule has 0 saturated carbocycles. The van der Waals surface area contributed by atoms with Gasteiger partial charge in [-0.05, 0) is 172 Å². The number of carbonyl (C=O) groups is 11. The number of guanidine groups is 1. The second-order valence-electron chi connectivity index (χ2n) is 25.3. The molecule has 0 aliphatic carbocycles. The molecule has 27 N–H and O–H groups in total. The Labute approximate surface area is 584 Å². The molecule has 0 unspecified atom stereocenters. The van der Waals surface area contributed by atoms with E-state index in [2.05, 4.69) is 71.1 Å². The van der Waals surface area contributed by atoms with E-state index in [4.69, 9.17) is 45.5 Å². The predicted molar refractivity (Wildman–Crippen MR) is 381 cm³/mol. The maximum atomic E-state index is 14.7. The van der Waals surface area contributed by atoms with Gasteiger partial charge in [0.15, 0.2) is 5.96 Å². The minimum absolute atomic E-state index is 0.00944. The fraction of sp³-hybridized carbons (Fsp3) is 0.727. The van der Waals surface area contributed by atoms with Crippen LogP contribution in [0.1, 0.15) is 176 Å². The van der Waals surface area contributed by atoms with Gasteiger partial charge in [-0.3, -0.25) is 53.4 Å². The number of benzene rings is 1. The molecule has 0 aromatic heterocycles. The topological polar surface area (TPSA) is 546 Å². The van der Waals surface area contributed by atoms with Gasteiger partial charge in [-0.2, -0.15) is 12.6 Å². The van der Waals surface area contributed by atoms with Crippen molar-refractivity contribution in [3.63, 3.8) is 0 Å². The summed E-state index contributed by atoms with van der Waals surface area (Å²) in [6, 6.07) is -4.57. The van der Waals surface area contributed by atoms with Crippen molar-refractivity contribution in [1.29, 1.82) is 5.41 Å². The maximum Gasteiger partial charge on any atom is 0.327 e. The molecular formula is C66H121N19O12S. The van der Waals surface area contributed by atoms with Crippen LogP contribution < -0.4 is 98.6 Å². The van der Waals surface area contributed by atoms with Gasteiger partial charge in [0.25, 0.3) is 0 Å². The number of aliphatic carboxylic acids is 1. The molecule has 0 heterocycles. The molecule has 0 saturated heterocycles. The highest BCUT2D eigenvalue weighted by molar-refractivity contribution is 7.80. The molecule has 1 aromatic carbocycles. The van der Waals surface area contributed by atoms with Crippen LogP contribution in [0.2, 0.25) is 0 Å². The van der Waals surface area contributed by atoms with Gasteiger partial charge in [-0.25, -0.2) is 4.79 Å². The van der Waals surface area contributed by atoms with E-state index in [-0.39, 0.29) is 89.3 Å². The average Bonchev–Trinajstić information content (AvgIpc) is 0.875. The first-order chi connectivity index (χ1) is 46.7. The third-order valence-corrected chi connectivity index (χ3v) is 17.7. The number of carboxylic acids is 1. The highest BCUT2D eigenvalue weighted by atomic mass is 32.1. The van der Waals surface area contributed by atoms with Crippen molar-refractivity contribution in [1.82, 2.24) is 58.5 Å². The lowest BCUT2D eigenvalue weighted by Gasteiger charge is -2.31. The zero-order chi connectivity index (χ0) is 73.7. The highest BCUT2D eigenvalue weighted by Crippen LogP contribution is 2.17. The molecule has 0 bridgehead atoms. The summed E-state index contributed by atoms with van der Waals surface area (Å²) in [5.74, 6) is -10.8. The maximum absolute atomic E-state index is 14.7. The van der Waals surface area contributed by atoms with Crippen molar-refractivity contribution in [2.24, 2.45) is 57.9 Å². The number of amides is 10. The third kappa shape index (κ3) is 34.5. The van der Waals surface area contributed by atoms with Gasteiger partial charge in [-0.15, -0.1) is 0 Å². The first-order valence-corrected chi connectivity index (χ1v) is 35.6. The van der Waals surface area contributed by atoms with Crippen LogP contribution in [-0.2, 0) is 59.2 Å². The minimum atomic E-state index is -1.35. The lowest BCUT2D eigenvalue weighted by Crippen LogP contribution is -2.62. The van der Waals surface area contributed by atoms with Crippen LogP contribution >= 0.6 is 12.6 Å². The zero-order valence-corrected chi connectivity index (χ0v) is 59.6. The summed E-state index contributed by atoms with van der Waals surface area (Å²) >= 11 is 4.04. The van der Waals surface area contributed by atoms with Gasteiger partial charge in [0.2, 0.25) is 59.1 Å². The fourth-order valence-electron chi connectivity index (χ4n) is 10.5. The van der Waals surface area contributed by atoms with Crippen molar-refractivity contribution in [2.45, 2.75) is 243 Å². The molecule has 0 aliphatic rings. The summed E-state index contributed by atoms with van der Waals surface area (Å²) in [7, 11) is 0. The Bertz CT molecular complexity index is 2600. The fourth-order valence-corrected chi connectivity index (χ4v) is 10.7. The molecule has 98 heavy (non-hydrogen) atoms. The Balaban J connectivity index is 3.69. The summed E-state index contributed by atoms with van der Waals surface area (Å²) in [6.07, 6.45) is 6.24. The number of nitrogens with two attached hydrogens (primary N) is 7. The van der Waals surface area contributed by atoms with Crippen LogP contribution in [0.4, 0.5) is 0 Å². The van der Waals surface area contributed by atoms with Crippen molar-refractivity contribution in [2.75, 3.05) is 45.0 Å². The number of nitrogens with one attached hydrogen (secondary N) is 12. The molecule has 0 aliphatic heterocycles. The molecule has 14 atom stereocenters. The lowest BCUT2D eigenvalue weighted by atomic mass is 9.94. The third-order valence-electron chi connectivity index (χ3n) is 17.3. The van der Waals surface area contributed by atoms with Crippen molar-refractivity contribution >= 4 is 83.6 Å². The standard InChI is InChI=1S/C66H121N19O12S/c1-7-40(4)52(83-61(92)50(31-23-37-75-66(73)74)79-56(87)45(26-13-18-32-67)76-55(86)44(72)38-43-24-11-10-12-25-43)62(93)80-48(29-16-21-35-70)58(89)78-49(30-17-22-36-71)60(91)84-54(42(6)9-3)64(95)85-53(41(5)8-2)63(94)81-47(28-15-20-34-69)57(88)77-46(27-14-19-33-68)59(90)82-51(39-98)65(96)97/h10-12,24-25,40-42,44-54,98H,7-9,13-23,26-39,67-72H2,1-6H3,(H,76,86)(H,77,88)(H,78,89)(H,79,87)(H,80,93)(H,81,94)(H,82,90)(H,83,92)(H,84,91)(H,85,95)(H,96,97)(H4,73,74,75)/t40-,41-,42-,44-,45-,46-,47-,48-,49-,50-,51-,52-,53-,54-/m0/s1. The first-order valence-electron chi connectivity index (χ1n) is 35.0. The first kappa shape index (κ1) is 88.8. The Morgan fingerprint density at radius 1 is 0.408 bits per heavy atom. The predicted octanol–water partition coefficient (Wildman–Crippen LogP) is -1.53. The quantitative estimate of drug-likeness (QED) is 0.0152. The summed E-state index contributed by atoms with van der Waals surface area (Å²) in [4.78, 5) is 155. The summed E-state index contributed by atoms with van der Waals surface area (Å²) < 4.78 is 0. The average molecular weight is 1400 g/mol. The van der Waals surface area contributed by atoms with Crippen LogP contribution in [0, 0.1) is 23.2 Å². The molecule has 31 nitrogen and oxygen atoms in total. The van der Waals surface area contributed by atoms with Crippen LogP contribution in [-0.4, -0.2) is 188 Å². The number of carbonyl (C=O) groups excluding carboxylic acids is 10. The van der Waals surface area contributed by atoms with E-state index in [0.29, 0.717) is 96.6 Å². The van der Waals surface area contributed by atoms with E-state index in [1.165, 1.54) is 0 Å². The zero-order valence-electron chi connectivity index (χ0n) is 58.7. The van der Waals surface area contributed by atoms with Gasteiger partial charge in [0.1, 0.15) is 60.4 Å². The summed E-state index contributed by atoms with van der Waals surface area (Å²) in [5, 5.41) is 47.4. The second kappa shape index (κ2) is 51.0. The Morgan fingerprint density at radius 3 is 0.959 bits per heavy atom. The van der Waals surface area contributed by atoms with E-state index in [9.17, 15) is 57.8 Å². The van der Waals surface area contributed by atoms with Gasteiger partial charge < -0.3 is 104 Å². The van der Waals surface area contributed by atoms with E-state index in [0.717, 1.165) is 5.56 Å². The second-order valence-corrected chi connectivity index (χ2v) is 25.6. The molecule has 1 aromatic rings. The number of hydrogen-bond donors (Lipinski definition) is 21. The lowest BCUT2D eigenvalue weighted by molar-refractivity contribution is -0.141. The molecule has 1 rings (SSSR count). The largest absolute Gasteiger partial charge is 0.480 e. The number of unbranched alkanes of at least 4 members (excludes halogenated alkanes) is 5. The highest BCUT2D eigenvalue weighted by Gasteiger charge is 2.39. The van der Waals surface area contributed by atoms with Crippen LogP contribution in [0.15, 0.2) is 30.3 Å². The van der Waals surface area contributed by atoms with Gasteiger partial charge >= 0.3 is 5.97 Å². The minimum Gasteiger partial charge on any atom is -0.480 e. The Kier molecular flexibility index (Phi) is 46.2. The SMILES string of the molecule is CC[C@H](C)[C@H](NC(=O)[C@H](CCCNC(=N)N)NC(=O)[C@H](CCCCN)NC(=O)[C@@H](N)Cc1ccccc1)C(=O)N[C@@H](CCCCN)C(=O)N[C@@H](CCCCN)C(=O)N[C@H](C(=O)N[C@H](C(=O)N[C@@H](CCCCN)C(=O)N[C@@H](CCCCN)C(=O)N[C@@H](CS)C(=O)O)[C@@H](C)CC)[C@@H](C)CC. The number of hydrogen-bond acceptors (Lipinski definition) is 19. The number of thiol groups is 1. The van der Waals surface area contributed by atoms with Crippen LogP contribution in [0.3, 0.4) is 0 Å². The van der Waals surface area contributed by atoms with Crippen molar-refractivity contribution < 1.29 is 57.8 Å². The molecule has 0 spiro atoms. The van der Waals surface area contributed by atoms with E-state index >= 15 is 0 Å². The number of rotatable bonds is 54. The van der Waals surface area contributed by atoms with E-state index < -0.39 is 149 Å². The van der Waals surface area contributed by atoms with E-state index in [1.807, 2.05) is 30.3 Å². The van der Waals surface area contributed by atoms with Crippen LogP contribution in [0.5, 0.6) is 0 Å². The van der Waals surface area contributed by atoms with Crippen molar-refractivity contribution in [3.05, 3.63) is 35.9 Å². The summed E-state index contributed by atoms with van der Waals surface area (Å²) in [6.45, 7) is 12.1. The molecular weight excluding hydrogens is 1280 g/mol. The van der Waals surface area contributed by atoms with Gasteiger partial charge in [0.05, 0.1) is 6.04 Å². The van der Waals surface area contributed by atoms with Gasteiger partial charge in [-0.1, -0.05) is 91.1 Å². The Morgan fingerprint density at radius 2 is 0.673 bits per heavy atom. The number of carboxylic acid groups (broad SMARTS) is 1. The van der Waals surface area contributed by atoms with Gasteiger partial charge in [0, 0.05) is 12.3 Å².